The summed E-state index contributed by atoms with van der Waals surface area (Å²) in [6.45, 7) is 8.91. The van der Waals surface area contributed by atoms with Crippen molar-refractivity contribution in [3.63, 3.8) is 0 Å². The number of ether oxygens (including phenoxy) is 1. The van der Waals surface area contributed by atoms with Crippen molar-refractivity contribution in [3.8, 4) is 0 Å². The number of hydrogen-bond donors (Lipinski definition) is 2. The molecule has 3 amide bonds. The molecule has 4 heterocycles. The van der Waals surface area contributed by atoms with E-state index in [1.807, 2.05) is 24.8 Å². The summed E-state index contributed by atoms with van der Waals surface area (Å²) < 4.78 is 5.24. The quantitative estimate of drug-likeness (QED) is 0.420. The number of amides is 3. The summed E-state index contributed by atoms with van der Waals surface area (Å²) in [6.07, 6.45) is 3.31. The zero-order valence-electron chi connectivity index (χ0n) is 23.2. The summed E-state index contributed by atoms with van der Waals surface area (Å²) >= 11 is 1.12. The lowest BCUT2D eigenvalue weighted by atomic mass is 9.91. The normalized spacial score (nSPS) is 23.1. The summed E-state index contributed by atoms with van der Waals surface area (Å²) in [7, 11) is 0. The van der Waals surface area contributed by atoms with Crippen molar-refractivity contribution < 1.29 is 19.1 Å². The number of likely N-dealkylation sites (tertiary alicyclic amines) is 2. The van der Waals surface area contributed by atoms with Gasteiger partial charge in [-0.15, -0.1) is 0 Å². The van der Waals surface area contributed by atoms with Crippen LogP contribution < -0.4 is 10.6 Å². The topological polar surface area (TPSA) is 117 Å². The van der Waals surface area contributed by atoms with Crippen LogP contribution in [-0.4, -0.2) is 88.3 Å². The number of alkyl carbamates (subject to hydrolysis) is 1. The van der Waals surface area contributed by atoms with E-state index in [0.717, 1.165) is 75.1 Å². The van der Waals surface area contributed by atoms with E-state index in [9.17, 15) is 14.4 Å². The molecule has 1 aromatic carbocycles. The van der Waals surface area contributed by atoms with E-state index < -0.39 is 12.3 Å². The van der Waals surface area contributed by atoms with E-state index in [1.165, 1.54) is 11.9 Å². The molecule has 0 saturated carbocycles. The molecule has 0 spiro atoms. The summed E-state index contributed by atoms with van der Waals surface area (Å²) in [5.41, 5.74) is 3.47. The average Bonchev–Trinajstić information content (AvgIpc) is 3.63. The van der Waals surface area contributed by atoms with Crippen LogP contribution in [0.25, 0.3) is 0 Å². The van der Waals surface area contributed by atoms with E-state index in [1.54, 1.807) is 0 Å². The summed E-state index contributed by atoms with van der Waals surface area (Å²) in [5, 5.41) is 5.26. The van der Waals surface area contributed by atoms with Gasteiger partial charge in [-0.05, 0) is 63.0 Å². The van der Waals surface area contributed by atoms with Gasteiger partial charge in [0.1, 0.15) is 6.33 Å². The predicted molar refractivity (Wildman–Crippen MR) is 153 cm³/mol. The first kappa shape index (κ1) is 28.4. The number of benzene rings is 1. The highest BCUT2D eigenvalue weighted by Gasteiger charge is 2.42. The molecule has 3 fully saturated rings. The van der Waals surface area contributed by atoms with Gasteiger partial charge in [0.2, 0.25) is 0 Å². The fourth-order valence-electron chi connectivity index (χ4n) is 6.18. The van der Waals surface area contributed by atoms with Gasteiger partial charge in [0.25, 0.3) is 11.1 Å². The Kier molecular flexibility index (Phi) is 9.21. The van der Waals surface area contributed by atoms with Crippen LogP contribution in [0.2, 0.25) is 0 Å². The fourth-order valence-corrected chi connectivity index (χ4v) is 6.85. The SMILES string of the molecule is Cc1ncnc(C)c1C(=O)N1CC2CN(CCC(CCCNC(=O)OC3CSC(=O)N3)c3ccccc3)C[C@H]2C1. The van der Waals surface area contributed by atoms with Gasteiger partial charge in [-0.25, -0.2) is 14.8 Å². The van der Waals surface area contributed by atoms with Gasteiger partial charge >= 0.3 is 6.09 Å². The highest BCUT2D eigenvalue weighted by atomic mass is 32.2. The lowest BCUT2D eigenvalue weighted by Crippen LogP contribution is -2.36. The second kappa shape index (κ2) is 13.0. The second-order valence-electron chi connectivity index (χ2n) is 11.0. The van der Waals surface area contributed by atoms with E-state index in [0.29, 0.717) is 35.6 Å². The lowest BCUT2D eigenvalue weighted by Gasteiger charge is -2.24. The number of fused-ring (bicyclic) bond motifs is 1. The molecule has 3 aliphatic rings. The molecule has 11 heteroatoms. The van der Waals surface area contributed by atoms with Crippen LogP contribution in [0.4, 0.5) is 9.59 Å². The van der Waals surface area contributed by atoms with E-state index in [-0.39, 0.29) is 11.1 Å². The molecule has 0 aliphatic carbocycles. The first-order valence-electron chi connectivity index (χ1n) is 14.1. The summed E-state index contributed by atoms with van der Waals surface area (Å²) in [6, 6.07) is 10.6. The molecular weight excluding hydrogens is 528 g/mol. The fraction of sp³-hybridized carbons (Fsp3) is 0.552. The molecular formula is C29H38N6O4S. The van der Waals surface area contributed by atoms with E-state index >= 15 is 0 Å². The van der Waals surface area contributed by atoms with Crippen molar-refractivity contribution >= 4 is 29.0 Å². The highest BCUT2D eigenvalue weighted by Crippen LogP contribution is 2.34. The van der Waals surface area contributed by atoms with Crippen molar-refractivity contribution in [1.29, 1.82) is 0 Å². The number of aromatic nitrogens is 2. The third-order valence-corrected chi connectivity index (χ3v) is 9.10. The highest BCUT2D eigenvalue weighted by molar-refractivity contribution is 8.13. The Morgan fingerprint density at radius 3 is 2.42 bits per heavy atom. The molecule has 4 atom stereocenters. The van der Waals surface area contributed by atoms with Gasteiger partial charge in [-0.3, -0.25) is 9.59 Å². The maximum absolute atomic E-state index is 13.2. The van der Waals surface area contributed by atoms with Crippen LogP contribution in [0, 0.1) is 25.7 Å². The number of thioether (sulfide) groups is 1. The monoisotopic (exact) mass is 566 g/mol. The number of carbonyl (C=O) groups is 3. The molecule has 0 radical (unpaired) electrons. The first-order valence-corrected chi connectivity index (χ1v) is 15.1. The molecule has 1 aromatic heterocycles. The first-order chi connectivity index (χ1) is 19.4. The van der Waals surface area contributed by atoms with Gasteiger partial charge in [-0.1, -0.05) is 42.1 Å². The van der Waals surface area contributed by atoms with Crippen LogP contribution in [0.1, 0.15) is 52.5 Å². The number of hydrogen-bond acceptors (Lipinski definition) is 8. The molecule has 40 heavy (non-hydrogen) atoms. The molecule has 2 N–H and O–H groups in total. The zero-order valence-corrected chi connectivity index (χ0v) is 24.0. The molecule has 0 bridgehead atoms. The van der Waals surface area contributed by atoms with Gasteiger partial charge in [0, 0.05) is 32.7 Å². The molecule has 10 nitrogen and oxygen atoms in total. The van der Waals surface area contributed by atoms with E-state index in [4.69, 9.17) is 4.74 Å². The Bertz CT molecular complexity index is 1180. The van der Waals surface area contributed by atoms with Crippen molar-refractivity contribution in [2.75, 3.05) is 45.0 Å². The Morgan fingerprint density at radius 2 is 1.77 bits per heavy atom. The van der Waals surface area contributed by atoms with Crippen LogP contribution in [0.5, 0.6) is 0 Å². The van der Waals surface area contributed by atoms with Crippen LogP contribution in [-0.2, 0) is 4.74 Å². The number of rotatable bonds is 10. The van der Waals surface area contributed by atoms with Crippen molar-refractivity contribution in [3.05, 3.63) is 59.2 Å². The smallest absolute Gasteiger partial charge is 0.409 e. The molecule has 214 valence electrons. The summed E-state index contributed by atoms with van der Waals surface area (Å²) in [4.78, 5) is 49.6. The van der Waals surface area contributed by atoms with Crippen molar-refractivity contribution in [2.24, 2.45) is 11.8 Å². The Balaban J connectivity index is 1.07. The van der Waals surface area contributed by atoms with E-state index in [2.05, 4.69) is 49.8 Å². The second-order valence-corrected chi connectivity index (χ2v) is 12.0. The Morgan fingerprint density at radius 1 is 1.07 bits per heavy atom. The minimum absolute atomic E-state index is 0.0602. The maximum Gasteiger partial charge on any atom is 0.409 e. The largest absolute Gasteiger partial charge is 0.425 e. The zero-order chi connectivity index (χ0) is 28.1. The van der Waals surface area contributed by atoms with Crippen LogP contribution in [0.3, 0.4) is 0 Å². The van der Waals surface area contributed by atoms with Gasteiger partial charge in [0.05, 0.1) is 22.7 Å². The molecule has 5 rings (SSSR count). The van der Waals surface area contributed by atoms with Crippen LogP contribution in [0.15, 0.2) is 36.7 Å². The minimum atomic E-state index is -0.555. The number of carbonyl (C=O) groups excluding carboxylic acids is 3. The Labute approximate surface area is 239 Å². The standard InChI is InChI=1S/C29H38N6O4S/c1-19-26(20(2)32-18-31-19)27(36)35-15-23-13-34(14-24(23)16-35)12-10-22(21-7-4-3-5-8-21)9-6-11-30-28(37)39-25-17-40-29(38)33-25/h3-5,7-8,18,22-25H,6,9-17H2,1-2H3,(H,30,37)(H,33,38)/t22?,23-,24?,25?/m0/s1. The van der Waals surface area contributed by atoms with Gasteiger partial charge in [-0.2, -0.15) is 0 Å². The predicted octanol–water partition coefficient (Wildman–Crippen LogP) is 3.56. The maximum atomic E-state index is 13.2. The lowest BCUT2D eigenvalue weighted by molar-refractivity contribution is 0.0770. The minimum Gasteiger partial charge on any atom is -0.425 e. The molecule has 2 aromatic rings. The van der Waals surface area contributed by atoms with Gasteiger partial charge in [0.15, 0.2) is 6.23 Å². The molecule has 3 saturated heterocycles. The number of nitrogens with one attached hydrogen (secondary N) is 2. The number of nitrogens with zero attached hydrogens (tertiary/aromatic N) is 4. The van der Waals surface area contributed by atoms with Gasteiger partial charge < -0.3 is 25.2 Å². The van der Waals surface area contributed by atoms with Crippen molar-refractivity contribution in [1.82, 2.24) is 30.4 Å². The number of aryl methyl sites for hydroxylation is 2. The third-order valence-electron chi connectivity index (χ3n) is 8.25. The summed E-state index contributed by atoms with van der Waals surface area (Å²) in [5.74, 6) is 1.90. The average molecular weight is 567 g/mol. The van der Waals surface area contributed by atoms with Crippen molar-refractivity contribution in [2.45, 2.75) is 45.3 Å². The third kappa shape index (κ3) is 6.93. The molecule has 3 unspecified atom stereocenters. The Hall–Kier alpha value is -3.18. The van der Waals surface area contributed by atoms with Crippen LogP contribution >= 0.6 is 11.8 Å². The molecule has 3 aliphatic heterocycles.